The zero-order valence-corrected chi connectivity index (χ0v) is 21.0. The lowest BCUT2D eigenvalue weighted by Crippen LogP contribution is -2.52. The second-order valence-corrected chi connectivity index (χ2v) is 10.1. The average Bonchev–Trinajstić information content (AvgIpc) is 2.89. The van der Waals surface area contributed by atoms with Crippen LogP contribution in [-0.2, 0) is 9.53 Å². The maximum absolute atomic E-state index is 13.6. The lowest BCUT2D eigenvalue weighted by molar-refractivity contribution is -0.139. The minimum atomic E-state index is -0.300. The van der Waals surface area contributed by atoms with E-state index in [4.69, 9.17) is 4.74 Å². The quantitative estimate of drug-likeness (QED) is 0.578. The summed E-state index contributed by atoms with van der Waals surface area (Å²) in [5.41, 5.74) is 1.86. The van der Waals surface area contributed by atoms with Crippen LogP contribution < -0.4 is 0 Å². The number of hydrogen-bond acceptors (Lipinski definition) is 4. The molecule has 0 saturated carbocycles. The van der Waals surface area contributed by atoms with E-state index in [1.165, 1.54) is 24.3 Å². The summed E-state index contributed by atoms with van der Waals surface area (Å²) < 4.78 is 32.5. The number of amides is 2. The molecule has 4 rings (SSSR count). The monoisotopic (exact) mass is 499 g/mol. The first-order valence-electron chi connectivity index (χ1n) is 12.8. The molecule has 2 heterocycles. The minimum absolute atomic E-state index is 0.0873. The number of benzene rings is 2. The number of rotatable bonds is 6. The van der Waals surface area contributed by atoms with Crippen LogP contribution in [0.25, 0.3) is 0 Å². The fraction of sp³-hybridized carbons (Fsp3) is 0.500. The molecule has 8 heteroatoms. The summed E-state index contributed by atoms with van der Waals surface area (Å²) in [4.78, 5) is 31.3. The summed E-state index contributed by atoms with van der Waals surface area (Å²) in [5, 5.41) is 0. The number of piperazine rings is 1. The Balaban J connectivity index is 1.35. The van der Waals surface area contributed by atoms with Gasteiger partial charge in [-0.05, 0) is 54.2 Å². The number of halogens is 2. The molecular weight excluding hydrogens is 464 g/mol. The lowest BCUT2D eigenvalue weighted by atomic mass is 9.94. The molecule has 2 aliphatic rings. The van der Waals surface area contributed by atoms with Crippen LogP contribution in [0.3, 0.4) is 0 Å². The molecule has 0 spiro atoms. The summed E-state index contributed by atoms with van der Waals surface area (Å²) in [7, 11) is 0. The number of piperidine rings is 1. The van der Waals surface area contributed by atoms with Gasteiger partial charge < -0.3 is 14.5 Å². The molecule has 36 heavy (non-hydrogen) atoms. The highest BCUT2D eigenvalue weighted by Gasteiger charge is 2.34. The molecule has 0 aromatic heterocycles. The van der Waals surface area contributed by atoms with Gasteiger partial charge in [0.25, 0.3) is 0 Å². The number of ether oxygens (including phenoxy) is 1. The van der Waals surface area contributed by atoms with Crippen LogP contribution in [-0.4, -0.2) is 72.6 Å². The van der Waals surface area contributed by atoms with Gasteiger partial charge in [-0.3, -0.25) is 9.69 Å². The smallest absolute Gasteiger partial charge is 0.409 e. The van der Waals surface area contributed by atoms with E-state index in [1.807, 2.05) is 18.7 Å². The van der Waals surface area contributed by atoms with Crippen molar-refractivity contribution in [1.29, 1.82) is 0 Å². The number of carbonyl (C=O) groups is 2. The van der Waals surface area contributed by atoms with Crippen molar-refractivity contribution in [2.45, 2.75) is 32.7 Å². The second kappa shape index (κ2) is 11.8. The molecule has 2 aliphatic heterocycles. The molecule has 0 radical (unpaired) electrons. The molecule has 194 valence electrons. The summed E-state index contributed by atoms with van der Waals surface area (Å²) in [5.74, 6) is -0.254. The van der Waals surface area contributed by atoms with Crippen molar-refractivity contribution < 1.29 is 23.1 Å². The molecule has 0 unspecified atom stereocenters. The maximum Gasteiger partial charge on any atom is 0.409 e. The Morgan fingerprint density at radius 2 is 1.31 bits per heavy atom. The second-order valence-electron chi connectivity index (χ2n) is 10.1. The molecule has 2 amide bonds. The van der Waals surface area contributed by atoms with Gasteiger partial charge in [0, 0.05) is 45.2 Å². The van der Waals surface area contributed by atoms with Crippen LogP contribution in [0.2, 0.25) is 0 Å². The fourth-order valence-electron chi connectivity index (χ4n) is 5.00. The first-order valence-corrected chi connectivity index (χ1v) is 12.8. The van der Waals surface area contributed by atoms with Gasteiger partial charge in [-0.2, -0.15) is 0 Å². The van der Waals surface area contributed by atoms with Gasteiger partial charge >= 0.3 is 6.09 Å². The highest BCUT2D eigenvalue weighted by Crippen LogP contribution is 2.31. The third-order valence-electron chi connectivity index (χ3n) is 7.01. The molecule has 0 N–H and O–H groups in total. The molecule has 2 saturated heterocycles. The van der Waals surface area contributed by atoms with E-state index in [0.717, 1.165) is 11.1 Å². The Morgan fingerprint density at radius 3 is 1.78 bits per heavy atom. The average molecular weight is 500 g/mol. The Hall–Kier alpha value is -3.00. The summed E-state index contributed by atoms with van der Waals surface area (Å²) in [6.45, 7) is 7.96. The van der Waals surface area contributed by atoms with Crippen molar-refractivity contribution in [3.8, 4) is 0 Å². The molecular formula is C28H35F2N3O3. The van der Waals surface area contributed by atoms with E-state index in [1.54, 1.807) is 29.2 Å². The van der Waals surface area contributed by atoms with E-state index in [0.29, 0.717) is 58.7 Å². The lowest BCUT2D eigenvalue weighted by Gasteiger charge is -2.41. The van der Waals surface area contributed by atoms with E-state index in [2.05, 4.69) is 4.90 Å². The number of carbonyl (C=O) groups excluding carboxylic acids is 2. The van der Waals surface area contributed by atoms with E-state index >= 15 is 0 Å². The topological polar surface area (TPSA) is 53.1 Å². The Bertz CT molecular complexity index is 968. The van der Waals surface area contributed by atoms with Crippen molar-refractivity contribution >= 4 is 12.0 Å². The van der Waals surface area contributed by atoms with Crippen LogP contribution >= 0.6 is 0 Å². The zero-order valence-electron chi connectivity index (χ0n) is 21.0. The predicted octanol–water partition coefficient (Wildman–Crippen LogP) is 4.70. The van der Waals surface area contributed by atoms with Crippen molar-refractivity contribution in [2.24, 2.45) is 11.8 Å². The van der Waals surface area contributed by atoms with E-state index in [9.17, 15) is 18.4 Å². The van der Waals surface area contributed by atoms with Crippen molar-refractivity contribution in [3.63, 3.8) is 0 Å². The van der Waals surface area contributed by atoms with Gasteiger partial charge in [0.2, 0.25) is 5.91 Å². The highest BCUT2D eigenvalue weighted by molar-refractivity contribution is 5.79. The first-order chi connectivity index (χ1) is 17.3. The van der Waals surface area contributed by atoms with Gasteiger partial charge in [-0.1, -0.05) is 38.1 Å². The van der Waals surface area contributed by atoms with Crippen LogP contribution in [0.1, 0.15) is 43.9 Å². The molecule has 6 nitrogen and oxygen atoms in total. The van der Waals surface area contributed by atoms with Crippen LogP contribution in [0, 0.1) is 23.5 Å². The third-order valence-corrected chi connectivity index (χ3v) is 7.01. The molecule has 2 aromatic rings. The third kappa shape index (κ3) is 6.40. The Labute approximate surface area is 211 Å². The molecule has 0 bridgehead atoms. The highest BCUT2D eigenvalue weighted by atomic mass is 19.1. The number of hydrogen-bond donors (Lipinski definition) is 0. The van der Waals surface area contributed by atoms with E-state index in [-0.39, 0.29) is 41.5 Å². The first kappa shape index (κ1) is 26.1. The zero-order chi connectivity index (χ0) is 25.7. The van der Waals surface area contributed by atoms with Crippen molar-refractivity contribution in [2.75, 3.05) is 45.9 Å². The van der Waals surface area contributed by atoms with Gasteiger partial charge in [0.1, 0.15) is 11.6 Å². The molecule has 0 aliphatic carbocycles. The van der Waals surface area contributed by atoms with Crippen LogP contribution in [0.4, 0.5) is 13.6 Å². The summed E-state index contributed by atoms with van der Waals surface area (Å²) >= 11 is 0. The van der Waals surface area contributed by atoms with Gasteiger partial charge in [-0.15, -0.1) is 0 Å². The minimum Gasteiger partial charge on any atom is -0.449 e. The molecule has 2 fully saturated rings. The van der Waals surface area contributed by atoms with Crippen LogP contribution in [0.15, 0.2) is 48.5 Å². The Morgan fingerprint density at radius 1 is 0.806 bits per heavy atom. The normalized spacial score (nSPS) is 17.6. The predicted molar refractivity (Wildman–Crippen MR) is 133 cm³/mol. The van der Waals surface area contributed by atoms with Gasteiger partial charge in [-0.25, -0.2) is 13.6 Å². The van der Waals surface area contributed by atoms with Gasteiger partial charge in [0.05, 0.1) is 12.6 Å². The van der Waals surface area contributed by atoms with Crippen LogP contribution in [0.5, 0.6) is 0 Å². The number of nitrogens with zero attached hydrogens (tertiary/aromatic N) is 3. The fourth-order valence-corrected chi connectivity index (χ4v) is 5.00. The maximum atomic E-state index is 13.6. The largest absolute Gasteiger partial charge is 0.449 e. The van der Waals surface area contributed by atoms with Gasteiger partial charge in [0.15, 0.2) is 0 Å². The molecule has 2 aromatic carbocycles. The van der Waals surface area contributed by atoms with E-state index < -0.39 is 0 Å². The Kier molecular flexibility index (Phi) is 8.56. The SMILES string of the molecule is CC(C)COC(=O)N1CCC(C(=O)N2CCN(C(c3ccc(F)cc3)c3ccc(F)cc3)CC2)CC1. The molecule has 0 atom stereocenters. The number of likely N-dealkylation sites (tertiary alicyclic amines) is 1. The summed E-state index contributed by atoms with van der Waals surface area (Å²) in [6, 6.07) is 12.7. The van der Waals surface area contributed by atoms with Crippen molar-refractivity contribution in [3.05, 3.63) is 71.3 Å². The van der Waals surface area contributed by atoms with Crippen molar-refractivity contribution in [1.82, 2.24) is 14.7 Å². The summed E-state index contributed by atoms with van der Waals surface area (Å²) in [6.07, 6.45) is 0.989. The standard InChI is InChI=1S/C28H35F2N3O3/c1-20(2)19-36-28(35)33-13-11-23(12-14-33)27(34)32-17-15-31(16-18-32)26(21-3-7-24(29)8-4-21)22-5-9-25(30)10-6-22/h3-10,20,23,26H,11-19H2,1-2H3.